The fourth-order valence-electron chi connectivity index (χ4n) is 20.8. The molecule has 0 radical (unpaired) electrons. The van der Waals surface area contributed by atoms with Crippen molar-refractivity contribution in [3.63, 3.8) is 0 Å². The molecule has 658 valence electrons. The van der Waals surface area contributed by atoms with Crippen LogP contribution in [0.5, 0.6) is 0 Å². The minimum absolute atomic E-state index is 0.0479. The number of aromatic nitrogens is 14. The van der Waals surface area contributed by atoms with Gasteiger partial charge in [0.15, 0.2) is 34.9 Å². The van der Waals surface area contributed by atoms with Crippen molar-refractivity contribution in [2.45, 2.75) is 19.3 Å². The van der Waals surface area contributed by atoms with E-state index in [0.717, 1.165) is 110 Å². The molecule has 14 heteroatoms. The van der Waals surface area contributed by atoms with Crippen LogP contribution >= 0.6 is 0 Å². The molecule has 8 aromatic heterocycles. The Balaban J connectivity index is 0.000000108. The van der Waals surface area contributed by atoms with E-state index in [1.54, 1.807) is 0 Å². The van der Waals surface area contributed by atoms with E-state index in [1.807, 2.05) is 182 Å². The average molecular weight is 1790 g/mol. The van der Waals surface area contributed by atoms with Gasteiger partial charge in [0.05, 0.1) is 55.2 Å². The van der Waals surface area contributed by atoms with Crippen LogP contribution in [0.4, 0.5) is 0 Å². The second-order valence-electron chi connectivity index (χ2n) is 36.0. The summed E-state index contributed by atoms with van der Waals surface area (Å²) in [6.45, 7) is 4.67. The Morgan fingerprint density at radius 3 is 0.714 bits per heavy atom. The Kier molecular flexibility index (Phi) is 19.9. The number of hydrogen-bond acceptors (Lipinski definition) is 9. The highest BCUT2D eigenvalue weighted by atomic mass is 15.2. The molecule has 8 heterocycles. The van der Waals surface area contributed by atoms with Gasteiger partial charge in [0, 0.05) is 104 Å². The third kappa shape index (κ3) is 14.1. The van der Waals surface area contributed by atoms with E-state index in [1.165, 1.54) is 87.9 Å². The summed E-state index contributed by atoms with van der Waals surface area (Å²) in [6, 6.07) is 165. The van der Waals surface area contributed by atoms with Gasteiger partial charge in [-0.1, -0.05) is 378 Å². The van der Waals surface area contributed by atoms with Gasteiger partial charge in [-0.25, -0.2) is 15.0 Å². The van der Waals surface area contributed by atoms with Crippen LogP contribution in [0.15, 0.2) is 473 Å². The van der Waals surface area contributed by atoms with Gasteiger partial charge in [0.25, 0.3) is 0 Å². The molecular weight excluding hydrogens is 1710 g/mol. The van der Waals surface area contributed by atoms with Gasteiger partial charge in [-0.15, -0.1) is 0 Å². The lowest BCUT2D eigenvalue weighted by atomic mass is 9.81. The summed E-state index contributed by atoms with van der Waals surface area (Å²) < 4.78 is 11.2. The van der Waals surface area contributed by atoms with Gasteiger partial charge < -0.3 is 9.13 Å². The number of fused-ring (bicyclic) bond motifs is 18. The first-order valence-electron chi connectivity index (χ1n) is 47.2. The van der Waals surface area contributed by atoms with Crippen molar-refractivity contribution in [2.24, 2.45) is 0 Å². The largest absolute Gasteiger partial charge is 0.309 e. The van der Waals surface area contributed by atoms with E-state index in [0.29, 0.717) is 52.8 Å². The molecule has 0 saturated carbocycles. The zero-order valence-corrected chi connectivity index (χ0v) is 76.3. The van der Waals surface area contributed by atoms with Gasteiger partial charge in [0.1, 0.15) is 0 Å². The minimum atomic E-state index is -0.0479. The topological polar surface area (TPSA) is 141 Å². The molecule has 0 atom stereocenters. The molecule has 14 nitrogen and oxygen atoms in total. The van der Waals surface area contributed by atoms with E-state index in [9.17, 15) is 0 Å². The Morgan fingerprint density at radius 1 is 0.150 bits per heavy atom. The number of hydrogen-bond donors (Lipinski definition) is 0. The van der Waals surface area contributed by atoms with Gasteiger partial charge in [-0.2, -0.15) is 29.9 Å². The lowest BCUT2D eigenvalue weighted by Gasteiger charge is -2.22. The fourth-order valence-corrected chi connectivity index (χ4v) is 20.8. The summed E-state index contributed by atoms with van der Waals surface area (Å²) >= 11 is 0. The Hall–Kier alpha value is -18.8. The zero-order valence-electron chi connectivity index (χ0n) is 76.3. The average Bonchev–Trinajstić information content (AvgIpc) is 1.59. The molecule has 0 amide bonds. The van der Waals surface area contributed by atoms with Crippen molar-refractivity contribution < 1.29 is 0 Å². The number of rotatable bonds is 13. The molecule has 19 aromatic carbocycles. The molecule has 28 rings (SSSR count). The predicted octanol–water partition coefficient (Wildman–Crippen LogP) is 30.7. The van der Waals surface area contributed by atoms with Crippen molar-refractivity contribution in [1.29, 1.82) is 0 Å². The number of nitrogens with zero attached hydrogens (tertiary/aromatic N) is 14. The predicted molar refractivity (Wildman–Crippen MR) is 572 cm³/mol. The van der Waals surface area contributed by atoms with Crippen LogP contribution in [-0.4, -0.2) is 67.7 Å². The van der Waals surface area contributed by atoms with Crippen LogP contribution in [0.25, 0.3) is 240 Å². The summed E-state index contributed by atoms with van der Waals surface area (Å²) in [6.07, 6.45) is 0. The highest BCUT2D eigenvalue weighted by Crippen LogP contribution is 2.51. The molecule has 0 N–H and O–H groups in total. The first-order valence-corrected chi connectivity index (χ1v) is 47.2. The lowest BCUT2D eigenvalue weighted by Crippen LogP contribution is -2.14. The summed E-state index contributed by atoms with van der Waals surface area (Å²) in [5.41, 5.74) is 29.2. The van der Waals surface area contributed by atoms with Crippen molar-refractivity contribution in [1.82, 2.24) is 67.7 Å². The van der Waals surface area contributed by atoms with Crippen LogP contribution in [0, 0.1) is 0 Å². The molecule has 0 saturated heterocycles. The quantitative estimate of drug-likeness (QED) is 0.110. The molecule has 27 aromatic rings. The molecule has 0 spiro atoms. The number of para-hydroxylation sites is 7. The van der Waals surface area contributed by atoms with Crippen molar-refractivity contribution >= 4 is 109 Å². The standard InChI is InChI=1S/C45H29N5.C42H30N4.C39H25N5/c1-4-14-30(15-5-1)43-46-44(31-16-6-2-7-17-31)48-45(47-43)50-40-23-13-11-21-36(40)38-29-33(25-27-42(38)50)32-24-26-41-37(28-32)35-20-10-12-22-39(35)49(41)34-18-8-3-9-19-34;1-42(2)35-19-11-9-17-31(35)32-23-21-30(26-36(32)42)29-22-24-38-34(25-29)33-18-10-12-20-37(33)46(38)41-44-39(27-13-5-3-6-14-27)43-40(45-41)28-15-7-4-8-16-28;1-3-13-26(14-4-1)37-40-38(27-15-5-2-6-16-27)42-39(41-37)44-35-22-12-9-19-31(35)32-25-28(23-24-36(32)44)43-33-20-10-7-17-29(33)30-18-8-11-21-34(30)43/h1-29H;3-26H,1-2H3;1-25H. The zero-order chi connectivity index (χ0) is 92.9. The lowest BCUT2D eigenvalue weighted by molar-refractivity contribution is 0.660. The maximum absolute atomic E-state index is 5.08. The molecule has 140 heavy (non-hydrogen) atoms. The highest BCUT2D eigenvalue weighted by molar-refractivity contribution is 6.16. The molecule has 1 aliphatic rings. The van der Waals surface area contributed by atoms with Crippen LogP contribution in [0.2, 0.25) is 0 Å². The second-order valence-corrected chi connectivity index (χ2v) is 36.0. The minimum Gasteiger partial charge on any atom is -0.309 e. The Morgan fingerprint density at radius 2 is 0.379 bits per heavy atom. The highest BCUT2D eigenvalue weighted by Gasteiger charge is 2.36. The monoisotopic (exact) mass is 1790 g/mol. The van der Waals surface area contributed by atoms with Crippen molar-refractivity contribution in [3.8, 4) is 131 Å². The van der Waals surface area contributed by atoms with E-state index in [4.69, 9.17) is 44.9 Å². The smallest absolute Gasteiger partial charge is 0.238 e. The van der Waals surface area contributed by atoms with Crippen LogP contribution in [0.1, 0.15) is 25.0 Å². The Labute approximate surface area is 805 Å². The summed E-state index contributed by atoms with van der Waals surface area (Å²) in [4.78, 5) is 45.2. The fraction of sp³-hybridized carbons (Fsp3) is 0.0238. The molecule has 1 aliphatic carbocycles. The maximum atomic E-state index is 5.08. The summed E-state index contributed by atoms with van der Waals surface area (Å²) in [5, 5.41) is 11.9. The van der Waals surface area contributed by atoms with Crippen LogP contribution < -0.4 is 0 Å². The van der Waals surface area contributed by atoms with E-state index in [2.05, 4.69) is 328 Å². The van der Waals surface area contributed by atoms with Gasteiger partial charge in [-0.05, 0) is 154 Å². The van der Waals surface area contributed by atoms with Gasteiger partial charge in [0.2, 0.25) is 17.8 Å². The van der Waals surface area contributed by atoms with Gasteiger partial charge >= 0.3 is 0 Å². The molecule has 0 bridgehead atoms. The van der Waals surface area contributed by atoms with Gasteiger partial charge in [-0.3, -0.25) is 13.7 Å². The van der Waals surface area contributed by atoms with E-state index >= 15 is 0 Å². The van der Waals surface area contributed by atoms with Crippen LogP contribution in [-0.2, 0) is 5.41 Å². The normalized spacial score (nSPS) is 12.1. The first kappa shape index (κ1) is 81.9. The molecule has 0 fully saturated rings. The third-order valence-corrected chi connectivity index (χ3v) is 27.4. The van der Waals surface area contributed by atoms with Crippen molar-refractivity contribution in [2.75, 3.05) is 0 Å². The first-order chi connectivity index (χ1) is 69.2. The van der Waals surface area contributed by atoms with Crippen molar-refractivity contribution in [3.05, 3.63) is 484 Å². The molecule has 0 aliphatic heterocycles. The second kappa shape index (κ2) is 34.0. The maximum Gasteiger partial charge on any atom is 0.238 e. The molecular formula is C126H84N14. The number of benzene rings is 19. The Bertz CT molecular complexity index is 9300. The van der Waals surface area contributed by atoms with E-state index < -0.39 is 0 Å². The third-order valence-electron chi connectivity index (χ3n) is 27.4. The molecule has 0 unspecified atom stereocenters. The SMILES string of the molecule is CC1(C)c2ccccc2-c2ccc(-c3ccc4c(c3)c3ccccc3n4-c3nc(-c4ccccc4)nc(-c4ccccc4)n3)cc21.c1ccc(-c2nc(-c3ccccc3)nc(-n3c4ccccc4c4cc(-c5ccc6c(c5)c5ccccc5n6-c5ccccc5)ccc43)n2)cc1.c1ccc(-c2nc(-c3ccccc3)nc(-n3c4ccccc4c4cc(-n5c6ccccc6c6ccccc65)ccc43)n2)cc1. The van der Waals surface area contributed by atoms with E-state index in [-0.39, 0.29) is 5.41 Å². The van der Waals surface area contributed by atoms with Crippen LogP contribution in [0.3, 0.4) is 0 Å². The summed E-state index contributed by atoms with van der Waals surface area (Å²) in [7, 11) is 0. The summed E-state index contributed by atoms with van der Waals surface area (Å²) in [5.74, 6) is 5.64.